The molecule has 1 fully saturated rings. The fourth-order valence-electron chi connectivity index (χ4n) is 2.14. The molecule has 0 aromatic heterocycles. The van der Waals surface area contributed by atoms with Gasteiger partial charge in [-0.3, -0.25) is 9.69 Å². The summed E-state index contributed by atoms with van der Waals surface area (Å²) >= 11 is 0. The average Bonchev–Trinajstić information content (AvgIpc) is 2.35. The second kappa shape index (κ2) is 7.48. The van der Waals surface area contributed by atoms with Crippen LogP contribution in [-0.2, 0) is 4.79 Å². The van der Waals surface area contributed by atoms with E-state index in [9.17, 15) is 4.79 Å². The highest BCUT2D eigenvalue weighted by molar-refractivity contribution is 5.92. The van der Waals surface area contributed by atoms with Gasteiger partial charge in [0.25, 0.3) is 0 Å². The minimum absolute atomic E-state index is 0. The Hall–Kier alpha value is -1.10. The summed E-state index contributed by atoms with van der Waals surface area (Å²) in [6, 6.07) is 8.30. The maximum Gasteiger partial charge on any atom is 0.238 e. The van der Waals surface area contributed by atoms with Crippen molar-refractivity contribution in [1.82, 2.24) is 10.2 Å². The van der Waals surface area contributed by atoms with Crippen LogP contribution in [0.15, 0.2) is 24.3 Å². The topological polar surface area (TPSA) is 44.4 Å². The van der Waals surface area contributed by atoms with Crippen LogP contribution < -0.4 is 10.6 Å². The smallest absolute Gasteiger partial charge is 0.238 e. The first kappa shape index (κ1) is 16.0. The molecule has 19 heavy (non-hydrogen) atoms. The summed E-state index contributed by atoms with van der Waals surface area (Å²) in [6.45, 7) is 7.50. The Kier molecular flexibility index (Phi) is 6.28. The van der Waals surface area contributed by atoms with Crippen LogP contribution in [0.4, 0.5) is 5.69 Å². The Morgan fingerprint density at radius 3 is 2.74 bits per heavy atom. The highest BCUT2D eigenvalue weighted by Gasteiger charge is 2.19. The number of nitrogens with one attached hydrogen (secondary N) is 2. The first-order valence-corrected chi connectivity index (χ1v) is 6.46. The van der Waals surface area contributed by atoms with E-state index >= 15 is 0 Å². The number of amides is 1. The highest BCUT2D eigenvalue weighted by Crippen LogP contribution is 2.09. The van der Waals surface area contributed by atoms with Crippen molar-refractivity contribution < 1.29 is 4.79 Å². The molecule has 4 nitrogen and oxygen atoms in total. The van der Waals surface area contributed by atoms with Gasteiger partial charge in [0, 0.05) is 31.4 Å². The maximum atomic E-state index is 11.9. The number of carbonyl (C=O) groups excluding carboxylic acids is 1. The van der Waals surface area contributed by atoms with E-state index in [1.807, 2.05) is 31.2 Å². The molecule has 2 N–H and O–H groups in total. The van der Waals surface area contributed by atoms with Crippen LogP contribution in [0.2, 0.25) is 0 Å². The lowest BCUT2D eigenvalue weighted by atomic mass is 10.2. The van der Waals surface area contributed by atoms with Gasteiger partial charge in [0.15, 0.2) is 0 Å². The van der Waals surface area contributed by atoms with E-state index in [1.54, 1.807) is 0 Å². The van der Waals surface area contributed by atoms with Gasteiger partial charge >= 0.3 is 0 Å². The average molecular weight is 284 g/mol. The van der Waals surface area contributed by atoms with Crippen molar-refractivity contribution in [2.24, 2.45) is 0 Å². The number of piperazine rings is 1. The van der Waals surface area contributed by atoms with Crippen molar-refractivity contribution in [1.29, 1.82) is 0 Å². The fourth-order valence-corrected chi connectivity index (χ4v) is 2.14. The fraction of sp³-hybridized carbons (Fsp3) is 0.500. The van der Waals surface area contributed by atoms with Crippen molar-refractivity contribution in [2.45, 2.75) is 19.9 Å². The van der Waals surface area contributed by atoms with E-state index in [0.717, 1.165) is 25.3 Å². The summed E-state index contributed by atoms with van der Waals surface area (Å²) in [6.07, 6.45) is 0. The molecule has 1 atom stereocenters. The van der Waals surface area contributed by atoms with Crippen molar-refractivity contribution in [3.05, 3.63) is 29.8 Å². The number of halogens is 1. The normalized spacial score (nSPS) is 19.6. The molecule has 1 unspecified atom stereocenters. The Morgan fingerprint density at radius 1 is 1.42 bits per heavy atom. The van der Waals surface area contributed by atoms with E-state index < -0.39 is 0 Å². The SMILES string of the molecule is Cc1ccc(NC(=O)CN2CCNCC2C)cc1.Cl. The Bertz CT molecular complexity index is 408. The lowest BCUT2D eigenvalue weighted by Gasteiger charge is -2.33. The minimum atomic E-state index is 0. The van der Waals surface area contributed by atoms with Gasteiger partial charge in [0.2, 0.25) is 5.91 Å². The number of carbonyl (C=O) groups is 1. The third-order valence-electron chi connectivity index (χ3n) is 3.32. The van der Waals surface area contributed by atoms with Crippen molar-refractivity contribution in [3.63, 3.8) is 0 Å². The molecule has 0 spiro atoms. The van der Waals surface area contributed by atoms with Crippen LogP contribution in [0.25, 0.3) is 0 Å². The predicted molar refractivity (Wildman–Crippen MR) is 81.0 cm³/mol. The van der Waals surface area contributed by atoms with Gasteiger partial charge in [-0.05, 0) is 26.0 Å². The zero-order valence-electron chi connectivity index (χ0n) is 11.5. The highest BCUT2D eigenvalue weighted by atomic mass is 35.5. The molecule has 1 aliphatic heterocycles. The van der Waals surface area contributed by atoms with Gasteiger partial charge in [-0.15, -0.1) is 12.4 Å². The minimum Gasteiger partial charge on any atom is -0.325 e. The van der Waals surface area contributed by atoms with Crippen molar-refractivity contribution in [2.75, 3.05) is 31.5 Å². The lowest BCUT2D eigenvalue weighted by Crippen LogP contribution is -2.51. The van der Waals surface area contributed by atoms with E-state index in [-0.39, 0.29) is 18.3 Å². The van der Waals surface area contributed by atoms with E-state index in [4.69, 9.17) is 0 Å². The lowest BCUT2D eigenvalue weighted by molar-refractivity contribution is -0.118. The summed E-state index contributed by atoms with van der Waals surface area (Å²) in [5.74, 6) is 0.0626. The number of hydrogen-bond donors (Lipinski definition) is 2. The standard InChI is InChI=1S/C14H21N3O.ClH/c1-11-3-5-13(6-4-11)16-14(18)10-17-8-7-15-9-12(17)2;/h3-6,12,15H,7-10H2,1-2H3,(H,16,18);1H. The van der Waals surface area contributed by atoms with Gasteiger partial charge in [-0.25, -0.2) is 0 Å². The van der Waals surface area contributed by atoms with Crippen molar-refractivity contribution in [3.8, 4) is 0 Å². The third-order valence-corrected chi connectivity index (χ3v) is 3.32. The summed E-state index contributed by atoms with van der Waals surface area (Å²) in [4.78, 5) is 14.1. The Morgan fingerprint density at radius 2 is 2.11 bits per heavy atom. The van der Waals surface area contributed by atoms with Crippen LogP contribution in [0.5, 0.6) is 0 Å². The van der Waals surface area contributed by atoms with Gasteiger partial charge < -0.3 is 10.6 Å². The van der Waals surface area contributed by atoms with Crippen LogP contribution >= 0.6 is 12.4 Å². The second-order valence-corrected chi connectivity index (χ2v) is 4.94. The molecule has 1 amide bonds. The molecule has 1 aromatic rings. The van der Waals surface area contributed by atoms with Crippen LogP contribution in [-0.4, -0.2) is 43.0 Å². The molecule has 1 saturated heterocycles. The number of aryl methyl sites for hydroxylation is 1. The number of anilines is 1. The van der Waals surface area contributed by atoms with Gasteiger partial charge in [-0.2, -0.15) is 0 Å². The van der Waals surface area contributed by atoms with Crippen LogP contribution in [0.3, 0.4) is 0 Å². The molecule has 1 aromatic carbocycles. The number of benzene rings is 1. The summed E-state index contributed by atoms with van der Waals surface area (Å²) in [5, 5.41) is 6.26. The van der Waals surface area contributed by atoms with Gasteiger partial charge in [-0.1, -0.05) is 17.7 Å². The quantitative estimate of drug-likeness (QED) is 0.887. The molecular weight excluding hydrogens is 262 g/mol. The molecule has 0 bridgehead atoms. The number of hydrogen-bond acceptors (Lipinski definition) is 3. The van der Waals surface area contributed by atoms with Gasteiger partial charge in [0.1, 0.15) is 0 Å². The Balaban J connectivity index is 0.00000180. The largest absolute Gasteiger partial charge is 0.325 e. The monoisotopic (exact) mass is 283 g/mol. The van der Waals surface area contributed by atoms with E-state index in [2.05, 4.69) is 22.5 Å². The third kappa shape index (κ3) is 4.82. The van der Waals surface area contributed by atoms with Gasteiger partial charge in [0.05, 0.1) is 6.54 Å². The first-order chi connectivity index (χ1) is 8.65. The first-order valence-electron chi connectivity index (χ1n) is 6.46. The molecular formula is C14H22ClN3O. The Labute approximate surface area is 121 Å². The second-order valence-electron chi connectivity index (χ2n) is 4.94. The summed E-state index contributed by atoms with van der Waals surface area (Å²) in [5.41, 5.74) is 2.07. The molecule has 0 saturated carbocycles. The number of rotatable bonds is 3. The summed E-state index contributed by atoms with van der Waals surface area (Å²) in [7, 11) is 0. The van der Waals surface area contributed by atoms with E-state index in [1.165, 1.54) is 5.56 Å². The predicted octanol–water partition coefficient (Wildman–Crippen LogP) is 1.65. The summed E-state index contributed by atoms with van der Waals surface area (Å²) < 4.78 is 0. The zero-order valence-corrected chi connectivity index (χ0v) is 12.3. The molecule has 2 rings (SSSR count). The molecule has 106 valence electrons. The number of nitrogens with zero attached hydrogens (tertiary/aromatic N) is 1. The molecule has 1 aliphatic rings. The van der Waals surface area contributed by atoms with E-state index in [0.29, 0.717) is 12.6 Å². The van der Waals surface area contributed by atoms with Crippen molar-refractivity contribution >= 4 is 24.0 Å². The molecule has 0 aliphatic carbocycles. The maximum absolute atomic E-state index is 11.9. The van der Waals surface area contributed by atoms with Crippen LogP contribution in [0, 0.1) is 6.92 Å². The molecule has 5 heteroatoms. The molecule has 0 radical (unpaired) electrons. The molecule has 1 heterocycles. The zero-order chi connectivity index (χ0) is 13.0. The van der Waals surface area contributed by atoms with Crippen LogP contribution in [0.1, 0.15) is 12.5 Å².